The van der Waals surface area contributed by atoms with Crippen molar-refractivity contribution >= 4 is 34.1 Å². The van der Waals surface area contributed by atoms with Crippen LogP contribution in [0.3, 0.4) is 0 Å². The number of carbonyl (C=O) groups is 1. The number of hydrogen-bond acceptors (Lipinski definition) is 4. The zero-order valence-electron chi connectivity index (χ0n) is 12.1. The fourth-order valence-electron chi connectivity index (χ4n) is 2.08. The summed E-state index contributed by atoms with van der Waals surface area (Å²) in [4.78, 5) is 12.3. The van der Waals surface area contributed by atoms with E-state index >= 15 is 0 Å². The van der Waals surface area contributed by atoms with E-state index < -0.39 is 0 Å². The highest BCUT2D eigenvalue weighted by atomic mass is 32.2. The topological polar surface area (TPSA) is 54.9 Å². The molecule has 3 rings (SSSR count). The molecule has 2 aromatic carbocycles. The lowest BCUT2D eigenvalue weighted by Gasteiger charge is -2.12. The van der Waals surface area contributed by atoms with Crippen molar-refractivity contribution in [3.05, 3.63) is 60.8 Å². The minimum Gasteiger partial charge on any atom is -0.325 e. The Morgan fingerprint density at radius 2 is 1.82 bits per heavy atom. The van der Waals surface area contributed by atoms with Gasteiger partial charge in [0, 0.05) is 16.5 Å². The van der Waals surface area contributed by atoms with Gasteiger partial charge in [-0.3, -0.25) is 4.79 Å². The van der Waals surface area contributed by atoms with Crippen molar-refractivity contribution in [2.75, 3.05) is 5.32 Å². The molecule has 0 saturated heterocycles. The van der Waals surface area contributed by atoms with Gasteiger partial charge in [0.15, 0.2) is 0 Å². The summed E-state index contributed by atoms with van der Waals surface area (Å²) < 4.78 is 0. The van der Waals surface area contributed by atoms with E-state index in [2.05, 4.69) is 15.5 Å². The number of aromatic nitrogens is 2. The predicted molar refractivity (Wildman–Crippen MR) is 89.9 cm³/mol. The van der Waals surface area contributed by atoms with Gasteiger partial charge in [-0.1, -0.05) is 54.2 Å². The number of amides is 1. The maximum absolute atomic E-state index is 12.3. The average molecular weight is 309 g/mol. The van der Waals surface area contributed by atoms with Gasteiger partial charge in [0.1, 0.15) is 5.03 Å². The molecular weight excluding hydrogens is 294 g/mol. The molecule has 5 heteroatoms. The van der Waals surface area contributed by atoms with Gasteiger partial charge in [0.05, 0.1) is 11.4 Å². The molecule has 1 heterocycles. The number of nitrogens with one attached hydrogen (secondary N) is 1. The maximum Gasteiger partial charge on any atom is 0.237 e. The summed E-state index contributed by atoms with van der Waals surface area (Å²) >= 11 is 1.41. The van der Waals surface area contributed by atoms with E-state index in [1.165, 1.54) is 11.8 Å². The van der Waals surface area contributed by atoms with Crippen LogP contribution in [0.5, 0.6) is 0 Å². The van der Waals surface area contributed by atoms with Crippen molar-refractivity contribution in [1.29, 1.82) is 0 Å². The molecule has 0 aliphatic rings. The Kier molecular flexibility index (Phi) is 4.34. The molecule has 0 saturated carbocycles. The summed E-state index contributed by atoms with van der Waals surface area (Å²) in [5.41, 5.74) is 0.795. The summed E-state index contributed by atoms with van der Waals surface area (Å²) in [5, 5.41) is 13.6. The van der Waals surface area contributed by atoms with Gasteiger partial charge in [-0.25, -0.2) is 0 Å². The number of fused-ring (bicyclic) bond motifs is 1. The molecule has 0 bridgehead atoms. The van der Waals surface area contributed by atoms with Crippen LogP contribution in [0.1, 0.15) is 6.92 Å². The minimum absolute atomic E-state index is 0.0501. The first kappa shape index (κ1) is 14.5. The van der Waals surface area contributed by atoms with Crippen LogP contribution in [-0.4, -0.2) is 21.4 Å². The molecule has 0 unspecified atom stereocenters. The Hall–Kier alpha value is -2.40. The highest BCUT2D eigenvalue weighted by molar-refractivity contribution is 8.00. The van der Waals surface area contributed by atoms with Gasteiger partial charge in [-0.05, 0) is 19.1 Å². The molecule has 0 radical (unpaired) electrons. The second kappa shape index (κ2) is 6.58. The molecule has 22 heavy (non-hydrogen) atoms. The van der Waals surface area contributed by atoms with E-state index in [4.69, 9.17) is 0 Å². The molecule has 0 aliphatic carbocycles. The number of thioether (sulfide) groups is 1. The van der Waals surface area contributed by atoms with Gasteiger partial charge < -0.3 is 5.32 Å². The second-order valence-electron chi connectivity index (χ2n) is 4.85. The Balaban J connectivity index is 1.75. The Morgan fingerprint density at radius 3 is 2.64 bits per heavy atom. The first-order chi connectivity index (χ1) is 10.7. The number of carbonyl (C=O) groups excluding carboxylic acids is 1. The summed E-state index contributed by atoms with van der Waals surface area (Å²) in [6, 6.07) is 17.3. The van der Waals surface area contributed by atoms with Crippen LogP contribution in [0.15, 0.2) is 65.8 Å². The molecule has 0 spiro atoms. The van der Waals surface area contributed by atoms with Gasteiger partial charge in [0.25, 0.3) is 0 Å². The molecule has 4 nitrogen and oxygen atoms in total. The molecule has 1 N–H and O–H groups in total. The largest absolute Gasteiger partial charge is 0.325 e. The van der Waals surface area contributed by atoms with E-state index in [9.17, 15) is 4.79 Å². The van der Waals surface area contributed by atoms with Gasteiger partial charge in [-0.2, -0.15) is 5.10 Å². The summed E-state index contributed by atoms with van der Waals surface area (Å²) in [7, 11) is 0. The van der Waals surface area contributed by atoms with E-state index in [0.717, 1.165) is 21.5 Å². The molecule has 0 fully saturated rings. The summed E-state index contributed by atoms with van der Waals surface area (Å²) in [5.74, 6) is -0.0501. The van der Waals surface area contributed by atoms with Crippen molar-refractivity contribution in [3.8, 4) is 0 Å². The van der Waals surface area contributed by atoms with Gasteiger partial charge in [-0.15, -0.1) is 5.10 Å². The lowest BCUT2D eigenvalue weighted by atomic mass is 10.2. The average Bonchev–Trinajstić information content (AvgIpc) is 2.56. The Labute approximate surface area is 133 Å². The second-order valence-corrected chi connectivity index (χ2v) is 6.18. The third-order valence-corrected chi connectivity index (χ3v) is 4.33. The van der Waals surface area contributed by atoms with Gasteiger partial charge in [0.2, 0.25) is 5.91 Å². The van der Waals surface area contributed by atoms with Gasteiger partial charge >= 0.3 is 0 Å². The number of rotatable bonds is 4. The minimum atomic E-state index is -0.264. The molecule has 1 aromatic heterocycles. The number of benzene rings is 2. The van der Waals surface area contributed by atoms with Crippen LogP contribution < -0.4 is 5.32 Å². The highest BCUT2D eigenvalue weighted by Gasteiger charge is 2.17. The quantitative estimate of drug-likeness (QED) is 0.746. The molecule has 110 valence electrons. The van der Waals surface area contributed by atoms with Crippen LogP contribution in [0.2, 0.25) is 0 Å². The summed E-state index contributed by atoms with van der Waals surface area (Å²) in [6.07, 6.45) is 1.73. The lowest BCUT2D eigenvalue weighted by molar-refractivity contribution is -0.115. The van der Waals surface area contributed by atoms with Crippen molar-refractivity contribution < 1.29 is 4.79 Å². The van der Waals surface area contributed by atoms with Crippen LogP contribution in [-0.2, 0) is 4.79 Å². The van der Waals surface area contributed by atoms with Crippen LogP contribution in [0, 0.1) is 0 Å². The lowest BCUT2D eigenvalue weighted by Crippen LogP contribution is -2.22. The predicted octanol–water partition coefficient (Wildman–Crippen LogP) is 3.75. The Morgan fingerprint density at radius 1 is 1.09 bits per heavy atom. The highest BCUT2D eigenvalue weighted by Crippen LogP contribution is 2.28. The van der Waals surface area contributed by atoms with Crippen LogP contribution >= 0.6 is 11.8 Å². The van der Waals surface area contributed by atoms with Crippen molar-refractivity contribution in [1.82, 2.24) is 10.2 Å². The Bertz CT molecular complexity index is 787. The number of anilines is 1. The molecular formula is C17H15N3OS. The molecule has 1 amide bonds. The van der Waals surface area contributed by atoms with E-state index in [0.29, 0.717) is 0 Å². The zero-order chi connectivity index (χ0) is 15.4. The normalized spacial score (nSPS) is 12.0. The fourth-order valence-corrected chi connectivity index (χ4v) is 2.98. The SMILES string of the molecule is C[C@@H](Sc1nncc2ccccc12)C(=O)Nc1ccccc1. The van der Waals surface area contributed by atoms with Crippen molar-refractivity contribution in [2.45, 2.75) is 17.2 Å². The first-order valence-corrected chi connectivity index (χ1v) is 7.85. The standard InChI is InChI=1S/C17H15N3OS/c1-12(16(21)19-14-8-3-2-4-9-14)22-17-15-10-6-5-7-13(15)11-18-20-17/h2-12H,1H3,(H,19,21)/t12-/m1/s1. The summed E-state index contributed by atoms with van der Waals surface area (Å²) in [6.45, 7) is 1.87. The molecule has 3 aromatic rings. The number of nitrogens with zero attached hydrogens (tertiary/aromatic N) is 2. The third-order valence-electron chi connectivity index (χ3n) is 3.24. The zero-order valence-corrected chi connectivity index (χ0v) is 12.9. The first-order valence-electron chi connectivity index (χ1n) is 6.97. The number of para-hydroxylation sites is 1. The molecule has 0 aliphatic heterocycles. The molecule has 1 atom stereocenters. The smallest absolute Gasteiger partial charge is 0.237 e. The van der Waals surface area contributed by atoms with Crippen LogP contribution in [0.4, 0.5) is 5.69 Å². The maximum atomic E-state index is 12.3. The van der Waals surface area contributed by atoms with E-state index in [1.807, 2.05) is 61.5 Å². The number of hydrogen-bond donors (Lipinski definition) is 1. The van der Waals surface area contributed by atoms with E-state index in [-0.39, 0.29) is 11.2 Å². The van der Waals surface area contributed by atoms with Crippen molar-refractivity contribution in [2.24, 2.45) is 0 Å². The fraction of sp³-hybridized carbons (Fsp3) is 0.118. The van der Waals surface area contributed by atoms with Crippen molar-refractivity contribution in [3.63, 3.8) is 0 Å². The van der Waals surface area contributed by atoms with E-state index in [1.54, 1.807) is 6.20 Å². The monoisotopic (exact) mass is 309 g/mol. The third kappa shape index (κ3) is 3.26. The van der Waals surface area contributed by atoms with Crippen LogP contribution in [0.25, 0.3) is 10.8 Å².